The van der Waals surface area contributed by atoms with Crippen molar-refractivity contribution in [1.29, 1.82) is 0 Å². The van der Waals surface area contributed by atoms with E-state index >= 15 is 0 Å². The summed E-state index contributed by atoms with van der Waals surface area (Å²) in [6, 6.07) is 1.26. The molecule has 0 radical (unpaired) electrons. The number of hydrogen-bond donors (Lipinski definition) is 1. The molecule has 1 fully saturated rings. The van der Waals surface area contributed by atoms with Crippen molar-refractivity contribution in [2.75, 3.05) is 39.8 Å². The van der Waals surface area contributed by atoms with Crippen LogP contribution in [-0.4, -0.2) is 61.7 Å². The van der Waals surface area contributed by atoms with Gasteiger partial charge in [0.25, 0.3) is 0 Å². The maximum atomic E-state index is 3.38. The first-order valence-electron chi connectivity index (χ1n) is 7.00. The van der Waals surface area contributed by atoms with Crippen LogP contribution in [0, 0.1) is 5.41 Å². The summed E-state index contributed by atoms with van der Waals surface area (Å²) in [5.74, 6) is 0. The van der Waals surface area contributed by atoms with Gasteiger partial charge in [0, 0.05) is 44.8 Å². The first kappa shape index (κ1) is 14.9. The van der Waals surface area contributed by atoms with Crippen molar-refractivity contribution < 1.29 is 0 Å². The molecule has 0 aliphatic carbocycles. The Labute approximate surface area is 108 Å². The molecule has 1 atom stereocenters. The molecule has 1 unspecified atom stereocenters. The van der Waals surface area contributed by atoms with Crippen molar-refractivity contribution in [2.45, 2.75) is 46.7 Å². The first-order chi connectivity index (χ1) is 7.86. The van der Waals surface area contributed by atoms with Gasteiger partial charge in [0.05, 0.1) is 0 Å². The van der Waals surface area contributed by atoms with Gasteiger partial charge in [0.2, 0.25) is 0 Å². The maximum absolute atomic E-state index is 3.38. The molecular weight excluding hydrogens is 210 g/mol. The Kier molecular flexibility index (Phi) is 5.42. The van der Waals surface area contributed by atoms with Crippen LogP contribution in [0.3, 0.4) is 0 Å². The molecule has 1 aliphatic rings. The number of rotatable bonds is 5. The van der Waals surface area contributed by atoms with E-state index in [9.17, 15) is 0 Å². The molecule has 102 valence electrons. The molecule has 17 heavy (non-hydrogen) atoms. The van der Waals surface area contributed by atoms with Crippen molar-refractivity contribution in [3.63, 3.8) is 0 Å². The highest BCUT2D eigenvalue weighted by atomic mass is 15.3. The average molecular weight is 241 g/mol. The lowest BCUT2D eigenvalue weighted by molar-refractivity contribution is 0.0707. The largest absolute Gasteiger partial charge is 0.317 e. The molecule has 0 aromatic rings. The normalized spacial score (nSPS) is 22.1. The van der Waals surface area contributed by atoms with Gasteiger partial charge in [-0.05, 0) is 33.2 Å². The third kappa shape index (κ3) is 4.23. The molecule has 0 spiro atoms. The van der Waals surface area contributed by atoms with Gasteiger partial charge in [-0.15, -0.1) is 0 Å². The van der Waals surface area contributed by atoms with Gasteiger partial charge in [-0.25, -0.2) is 0 Å². The van der Waals surface area contributed by atoms with E-state index in [1.165, 1.54) is 32.7 Å². The second-order valence-corrected chi connectivity index (χ2v) is 6.40. The molecule has 1 heterocycles. The highest BCUT2D eigenvalue weighted by Crippen LogP contribution is 2.22. The SMILES string of the molecule is CNC(C)C(C)(C)CN1CCN(C(C)C)CC1. The summed E-state index contributed by atoms with van der Waals surface area (Å²) in [5.41, 5.74) is 0.342. The van der Waals surface area contributed by atoms with E-state index < -0.39 is 0 Å². The molecule has 0 amide bonds. The van der Waals surface area contributed by atoms with Crippen LogP contribution >= 0.6 is 0 Å². The monoisotopic (exact) mass is 241 g/mol. The van der Waals surface area contributed by atoms with Crippen LogP contribution in [0.25, 0.3) is 0 Å². The van der Waals surface area contributed by atoms with Crippen LogP contribution in [0.2, 0.25) is 0 Å². The lowest BCUT2D eigenvalue weighted by Crippen LogP contribution is -2.53. The predicted octanol–water partition coefficient (Wildman–Crippen LogP) is 1.65. The molecule has 0 bridgehead atoms. The molecule has 0 aromatic heterocycles. The van der Waals surface area contributed by atoms with Crippen LogP contribution < -0.4 is 5.32 Å². The molecule has 3 heteroatoms. The minimum Gasteiger partial charge on any atom is -0.317 e. The molecule has 3 nitrogen and oxygen atoms in total. The molecule has 0 saturated carbocycles. The van der Waals surface area contributed by atoms with E-state index in [1.54, 1.807) is 0 Å². The topological polar surface area (TPSA) is 18.5 Å². The molecule has 0 aromatic carbocycles. The summed E-state index contributed by atoms with van der Waals surface area (Å²) in [5, 5.41) is 3.38. The molecule has 1 N–H and O–H groups in total. The van der Waals surface area contributed by atoms with Gasteiger partial charge >= 0.3 is 0 Å². The summed E-state index contributed by atoms with van der Waals surface area (Å²) in [7, 11) is 2.06. The minimum absolute atomic E-state index is 0.342. The quantitative estimate of drug-likeness (QED) is 0.789. The summed E-state index contributed by atoms with van der Waals surface area (Å²) < 4.78 is 0. The fourth-order valence-corrected chi connectivity index (χ4v) is 2.54. The van der Waals surface area contributed by atoms with E-state index in [-0.39, 0.29) is 0 Å². The number of nitrogens with zero attached hydrogens (tertiary/aromatic N) is 2. The molecular formula is C14H31N3. The van der Waals surface area contributed by atoms with E-state index in [2.05, 4.69) is 56.8 Å². The summed E-state index contributed by atoms with van der Waals surface area (Å²) in [4.78, 5) is 5.19. The van der Waals surface area contributed by atoms with Crippen molar-refractivity contribution in [2.24, 2.45) is 5.41 Å². The van der Waals surface area contributed by atoms with Gasteiger partial charge in [0.1, 0.15) is 0 Å². The van der Waals surface area contributed by atoms with Crippen molar-refractivity contribution >= 4 is 0 Å². The Morgan fingerprint density at radius 1 is 1.06 bits per heavy atom. The average Bonchev–Trinajstić information content (AvgIpc) is 2.28. The van der Waals surface area contributed by atoms with Crippen LogP contribution in [-0.2, 0) is 0 Å². The number of nitrogens with one attached hydrogen (secondary N) is 1. The minimum atomic E-state index is 0.342. The second-order valence-electron chi connectivity index (χ2n) is 6.40. The zero-order valence-corrected chi connectivity index (χ0v) is 12.6. The van der Waals surface area contributed by atoms with Crippen LogP contribution in [0.1, 0.15) is 34.6 Å². The lowest BCUT2D eigenvalue weighted by Gasteiger charge is -2.42. The molecule has 1 aliphatic heterocycles. The van der Waals surface area contributed by atoms with E-state index in [0.717, 1.165) is 0 Å². The van der Waals surface area contributed by atoms with Crippen LogP contribution in [0.5, 0.6) is 0 Å². The van der Waals surface area contributed by atoms with Crippen molar-refractivity contribution in [3.8, 4) is 0 Å². The summed E-state index contributed by atoms with van der Waals surface area (Å²) >= 11 is 0. The highest BCUT2D eigenvalue weighted by Gasteiger charge is 2.29. The fraction of sp³-hybridized carbons (Fsp3) is 1.00. The highest BCUT2D eigenvalue weighted by molar-refractivity contribution is 4.85. The zero-order valence-electron chi connectivity index (χ0n) is 12.6. The Hall–Kier alpha value is -0.120. The Balaban J connectivity index is 2.40. The molecule has 1 rings (SSSR count). The Morgan fingerprint density at radius 2 is 1.59 bits per heavy atom. The standard InChI is InChI=1S/C14H31N3/c1-12(2)17-9-7-16(8-10-17)11-14(4,5)13(3)15-6/h12-13,15H,7-11H2,1-6H3. The first-order valence-corrected chi connectivity index (χ1v) is 7.00. The van der Waals surface area contributed by atoms with Crippen LogP contribution in [0.4, 0.5) is 0 Å². The third-order valence-corrected chi connectivity index (χ3v) is 4.37. The van der Waals surface area contributed by atoms with Crippen molar-refractivity contribution in [1.82, 2.24) is 15.1 Å². The van der Waals surface area contributed by atoms with Gasteiger partial charge in [-0.3, -0.25) is 4.90 Å². The van der Waals surface area contributed by atoms with Crippen LogP contribution in [0.15, 0.2) is 0 Å². The number of piperazine rings is 1. The van der Waals surface area contributed by atoms with E-state index in [1.807, 2.05) is 0 Å². The Bertz CT molecular complexity index is 218. The van der Waals surface area contributed by atoms with Crippen molar-refractivity contribution in [3.05, 3.63) is 0 Å². The third-order valence-electron chi connectivity index (χ3n) is 4.37. The number of hydrogen-bond acceptors (Lipinski definition) is 3. The smallest absolute Gasteiger partial charge is 0.0113 e. The van der Waals surface area contributed by atoms with Gasteiger partial charge in [-0.1, -0.05) is 13.8 Å². The lowest BCUT2D eigenvalue weighted by atomic mass is 9.84. The zero-order chi connectivity index (χ0) is 13.1. The van der Waals surface area contributed by atoms with Gasteiger partial charge in [-0.2, -0.15) is 0 Å². The van der Waals surface area contributed by atoms with E-state index in [4.69, 9.17) is 0 Å². The van der Waals surface area contributed by atoms with E-state index in [0.29, 0.717) is 17.5 Å². The summed E-state index contributed by atoms with van der Waals surface area (Å²) in [6.45, 7) is 17.7. The summed E-state index contributed by atoms with van der Waals surface area (Å²) in [6.07, 6.45) is 0. The molecule has 1 saturated heterocycles. The maximum Gasteiger partial charge on any atom is 0.0113 e. The van der Waals surface area contributed by atoms with Gasteiger partial charge < -0.3 is 10.2 Å². The predicted molar refractivity (Wildman–Crippen MR) is 75.5 cm³/mol. The Morgan fingerprint density at radius 3 is 2.00 bits per heavy atom. The fourth-order valence-electron chi connectivity index (χ4n) is 2.54. The van der Waals surface area contributed by atoms with Gasteiger partial charge in [0.15, 0.2) is 0 Å². The second kappa shape index (κ2) is 6.17.